The number of nitrogens with zero attached hydrogens (tertiary/aromatic N) is 1. The Morgan fingerprint density at radius 3 is 1.45 bits per heavy atom. The minimum atomic E-state index is -0.726. The lowest BCUT2D eigenvalue weighted by Gasteiger charge is -2.20. The van der Waals surface area contributed by atoms with Crippen molar-refractivity contribution in [2.24, 2.45) is 5.92 Å². The fourth-order valence-electron chi connectivity index (χ4n) is 7.42. The van der Waals surface area contributed by atoms with Crippen molar-refractivity contribution in [1.29, 1.82) is 0 Å². The van der Waals surface area contributed by atoms with Crippen molar-refractivity contribution in [2.45, 2.75) is 213 Å². The van der Waals surface area contributed by atoms with Gasteiger partial charge >= 0.3 is 23.9 Å². The van der Waals surface area contributed by atoms with Crippen molar-refractivity contribution < 1.29 is 48.3 Å². The maximum atomic E-state index is 12.8. The Morgan fingerprint density at radius 2 is 0.967 bits per heavy atom. The highest BCUT2D eigenvalue weighted by atomic mass is 16.6. The summed E-state index contributed by atoms with van der Waals surface area (Å²) in [6.45, 7) is 5.94. The lowest BCUT2D eigenvalue weighted by Crippen LogP contribution is -2.27. The molecule has 346 valence electrons. The molecule has 0 aliphatic carbocycles. The molecule has 1 aromatic carbocycles. The number of carboxylic acids is 2. The number of carbonyl (C=O) groups is 4. The SMILES string of the molecule is CCCCCCCC(=O)OC[C@H](CCOc1cc(CN(C)C)cc(OCC[C@H](CCCCCCCCC(=O)O)CCCCCCCC(=O)O)c1)OC(=O)CCCCCCC. The Bertz CT molecular complexity index is 1250. The van der Waals surface area contributed by atoms with Gasteiger partial charge in [-0.05, 0) is 69.8 Å². The van der Waals surface area contributed by atoms with Gasteiger partial charge < -0.3 is 34.1 Å². The average Bonchev–Trinajstić information content (AvgIpc) is 3.19. The van der Waals surface area contributed by atoms with Gasteiger partial charge in [0.2, 0.25) is 0 Å². The Hall–Kier alpha value is -3.34. The Balaban J connectivity index is 2.84. The predicted molar refractivity (Wildman–Crippen MR) is 240 cm³/mol. The molecule has 60 heavy (non-hydrogen) atoms. The van der Waals surface area contributed by atoms with E-state index in [1.807, 2.05) is 26.2 Å². The molecule has 0 aliphatic rings. The van der Waals surface area contributed by atoms with Gasteiger partial charge in [-0.1, -0.05) is 136 Å². The van der Waals surface area contributed by atoms with Crippen LogP contribution in [-0.4, -0.2) is 79.0 Å². The van der Waals surface area contributed by atoms with Crippen molar-refractivity contribution in [1.82, 2.24) is 4.90 Å². The van der Waals surface area contributed by atoms with Gasteiger partial charge in [0.1, 0.15) is 24.2 Å². The molecule has 0 aliphatic heterocycles. The number of hydrogen-bond donors (Lipinski definition) is 2. The number of esters is 2. The van der Waals surface area contributed by atoms with Crippen molar-refractivity contribution in [3.05, 3.63) is 23.8 Å². The molecule has 1 aromatic rings. The van der Waals surface area contributed by atoms with Crippen LogP contribution in [0, 0.1) is 5.92 Å². The number of carbonyl (C=O) groups excluding carboxylic acids is 2. The summed E-state index contributed by atoms with van der Waals surface area (Å²) in [5.74, 6) is -0.0107. The van der Waals surface area contributed by atoms with E-state index in [1.54, 1.807) is 0 Å². The fourth-order valence-corrected chi connectivity index (χ4v) is 7.42. The van der Waals surface area contributed by atoms with Crippen LogP contribution < -0.4 is 9.47 Å². The highest BCUT2D eigenvalue weighted by molar-refractivity contribution is 5.70. The van der Waals surface area contributed by atoms with E-state index < -0.39 is 18.0 Å². The van der Waals surface area contributed by atoms with Crippen LogP contribution in [0.2, 0.25) is 0 Å². The summed E-state index contributed by atoms with van der Waals surface area (Å²) < 4.78 is 24.1. The van der Waals surface area contributed by atoms with Crippen molar-refractivity contribution >= 4 is 23.9 Å². The number of hydrogen-bond acceptors (Lipinski definition) is 9. The highest BCUT2D eigenvalue weighted by Crippen LogP contribution is 2.27. The molecule has 0 radical (unpaired) electrons. The van der Waals surface area contributed by atoms with E-state index >= 15 is 0 Å². The third kappa shape index (κ3) is 33.4. The van der Waals surface area contributed by atoms with E-state index in [0.717, 1.165) is 159 Å². The largest absolute Gasteiger partial charge is 0.493 e. The van der Waals surface area contributed by atoms with E-state index in [1.165, 1.54) is 6.42 Å². The molecule has 0 unspecified atom stereocenters. The Kier molecular flexibility index (Phi) is 34.1. The van der Waals surface area contributed by atoms with Crippen LogP contribution in [0.25, 0.3) is 0 Å². The zero-order valence-electron chi connectivity index (χ0n) is 38.3. The number of carboxylic acid groups (broad SMARTS) is 2. The number of unbranched alkanes of at least 4 members (excludes halogenated alkanes) is 17. The zero-order valence-corrected chi connectivity index (χ0v) is 38.3. The fraction of sp³-hybridized carbons (Fsp3) is 0.796. The molecule has 0 fully saturated rings. The average molecular weight is 848 g/mol. The first kappa shape index (κ1) is 54.7. The highest BCUT2D eigenvalue weighted by Gasteiger charge is 2.18. The zero-order chi connectivity index (χ0) is 44.1. The third-order valence-electron chi connectivity index (χ3n) is 10.9. The van der Waals surface area contributed by atoms with Gasteiger partial charge in [-0.25, -0.2) is 0 Å². The van der Waals surface area contributed by atoms with Gasteiger partial charge in [0.05, 0.1) is 13.2 Å². The standard InChI is InChI=1S/C49H85NO10/c1-5-7-9-14-24-30-48(55)59-40-43(60-49(56)31-25-15-10-8-6-2)33-35-58-45-37-42(39-50(3)4)36-44(38-45)57-34-32-41(27-21-17-13-19-23-29-47(53)54)26-20-16-11-12-18-22-28-46(51)52/h36-38,41,43H,5-35,39-40H2,1-4H3,(H,51,52)(H,53,54)/t41-,43+/m1/s1. The summed E-state index contributed by atoms with van der Waals surface area (Å²) in [5, 5.41) is 17.8. The van der Waals surface area contributed by atoms with Gasteiger partial charge in [0.15, 0.2) is 0 Å². The third-order valence-corrected chi connectivity index (χ3v) is 10.9. The molecule has 0 spiro atoms. The molecular formula is C49H85NO10. The summed E-state index contributed by atoms with van der Waals surface area (Å²) in [7, 11) is 4.05. The second-order valence-corrected chi connectivity index (χ2v) is 17.1. The Morgan fingerprint density at radius 1 is 0.533 bits per heavy atom. The minimum Gasteiger partial charge on any atom is -0.493 e. The molecule has 0 bridgehead atoms. The van der Waals surface area contributed by atoms with Gasteiger partial charge in [-0.3, -0.25) is 19.2 Å². The smallest absolute Gasteiger partial charge is 0.306 e. The molecule has 0 amide bonds. The first-order chi connectivity index (χ1) is 29.0. The van der Waals surface area contributed by atoms with Crippen LogP contribution in [0.4, 0.5) is 0 Å². The lowest BCUT2D eigenvalue weighted by molar-refractivity contribution is -0.160. The molecule has 11 heteroatoms. The summed E-state index contributed by atoms with van der Waals surface area (Å²) in [5.41, 5.74) is 1.06. The maximum absolute atomic E-state index is 12.8. The second-order valence-electron chi connectivity index (χ2n) is 17.1. The summed E-state index contributed by atoms with van der Waals surface area (Å²) >= 11 is 0. The van der Waals surface area contributed by atoms with Crippen LogP contribution in [0.5, 0.6) is 11.5 Å². The van der Waals surface area contributed by atoms with E-state index in [9.17, 15) is 19.2 Å². The number of benzene rings is 1. The normalized spacial score (nSPS) is 12.3. The van der Waals surface area contributed by atoms with Gasteiger partial charge in [0.25, 0.3) is 0 Å². The maximum Gasteiger partial charge on any atom is 0.306 e. The topological polar surface area (TPSA) is 149 Å². The number of aliphatic carboxylic acids is 2. The van der Waals surface area contributed by atoms with Gasteiger partial charge in [-0.2, -0.15) is 0 Å². The van der Waals surface area contributed by atoms with Gasteiger partial charge in [-0.15, -0.1) is 0 Å². The lowest BCUT2D eigenvalue weighted by atomic mass is 9.91. The molecule has 1 rings (SSSR count). The quantitative estimate of drug-likeness (QED) is 0.0478. The van der Waals surface area contributed by atoms with E-state index in [-0.39, 0.29) is 38.0 Å². The van der Waals surface area contributed by atoms with Crippen molar-refractivity contribution in [3.63, 3.8) is 0 Å². The molecule has 0 saturated heterocycles. The molecule has 2 N–H and O–H groups in total. The van der Waals surface area contributed by atoms with Crippen LogP contribution in [0.3, 0.4) is 0 Å². The number of ether oxygens (including phenoxy) is 4. The summed E-state index contributed by atoms with van der Waals surface area (Å²) in [6.07, 6.45) is 25.8. The molecule has 0 aromatic heterocycles. The van der Waals surface area contributed by atoms with Crippen LogP contribution in [-0.2, 0) is 35.2 Å². The summed E-state index contributed by atoms with van der Waals surface area (Å²) in [6, 6.07) is 6.01. The van der Waals surface area contributed by atoms with Crippen molar-refractivity contribution in [2.75, 3.05) is 33.9 Å². The summed E-state index contributed by atoms with van der Waals surface area (Å²) in [4.78, 5) is 49.1. The van der Waals surface area contributed by atoms with Crippen LogP contribution in [0.1, 0.15) is 206 Å². The molecular weight excluding hydrogens is 763 g/mol. The van der Waals surface area contributed by atoms with Crippen molar-refractivity contribution in [3.8, 4) is 11.5 Å². The van der Waals surface area contributed by atoms with E-state index in [0.29, 0.717) is 44.1 Å². The molecule has 0 saturated carbocycles. The molecule has 2 atom stereocenters. The first-order valence-corrected chi connectivity index (χ1v) is 23.8. The minimum absolute atomic E-state index is 0.0203. The first-order valence-electron chi connectivity index (χ1n) is 23.8. The number of rotatable bonds is 42. The molecule has 0 heterocycles. The monoisotopic (exact) mass is 848 g/mol. The van der Waals surface area contributed by atoms with Crippen LogP contribution in [0.15, 0.2) is 18.2 Å². The van der Waals surface area contributed by atoms with E-state index in [2.05, 4.69) is 24.8 Å². The van der Waals surface area contributed by atoms with Crippen LogP contribution >= 0.6 is 0 Å². The predicted octanol–water partition coefficient (Wildman–Crippen LogP) is 12.1. The Labute approximate surface area is 364 Å². The van der Waals surface area contributed by atoms with Gasteiger partial charge in [0, 0.05) is 44.7 Å². The second kappa shape index (κ2) is 37.4. The molecule has 11 nitrogen and oxygen atoms in total. The van der Waals surface area contributed by atoms with E-state index in [4.69, 9.17) is 29.2 Å².